The maximum Gasteiger partial charge on any atom is 0.233 e. The number of piperazine rings is 1. The van der Waals surface area contributed by atoms with Gasteiger partial charge in [-0.1, -0.05) is 30.3 Å². The minimum atomic E-state index is 0.0652. The van der Waals surface area contributed by atoms with E-state index in [9.17, 15) is 9.59 Å². The van der Waals surface area contributed by atoms with Crippen molar-refractivity contribution in [1.82, 2.24) is 19.8 Å². The van der Waals surface area contributed by atoms with Gasteiger partial charge in [0.05, 0.1) is 5.75 Å². The van der Waals surface area contributed by atoms with E-state index in [-0.39, 0.29) is 23.6 Å². The van der Waals surface area contributed by atoms with Crippen LogP contribution in [0.25, 0.3) is 0 Å². The maximum atomic E-state index is 12.2. The molecule has 9 heteroatoms. The first-order valence-corrected chi connectivity index (χ1v) is 10.7. The van der Waals surface area contributed by atoms with Gasteiger partial charge in [-0.25, -0.2) is 9.97 Å². The number of carbonyl (C=O) groups is 2. The van der Waals surface area contributed by atoms with Crippen LogP contribution in [0.5, 0.6) is 0 Å². The molecule has 150 valence electrons. The number of hydrogen-bond acceptors (Lipinski definition) is 6. The predicted octanol–water partition coefficient (Wildman–Crippen LogP) is 2.54. The number of hydrogen-bond donors (Lipinski definition) is 0. The lowest BCUT2D eigenvalue weighted by Crippen LogP contribution is -2.54. The van der Waals surface area contributed by atoms with Crippen LogP contribution >= 0.6 is 23.4 Å². The lowest BCUT2D eigenvalue weighted by atomic mass is 10.1. The molecular weight excluding hydrogens is 386 g/mol. The Morgan fingerprint density at radius 3 is 2.56 bits per heavy atom. The zero-order chi connectivity index (χ0) is 20.0. The third-order valence-electron chi connectivity index (χ3n) is 4.68. The number of carbonyl (C=O) groups excluding carboxylic acids is 2. The number of nitrogens with zero attached hydrogens (tertiary/aromatic N) is 5. The van der Waals surface area contributed by atoms with Gasteiger partial charge < -0.3 is 14.7 Å². The molecule has 2 rings (SSSR count). The van der Waals surface area contributed by atoms with E-state index in [0.29, 0.717) is 49.5 Å². The van der Waals surface area contributed by atoms with Crippen LogP contribution in [-0.4, -0.2) is 76.1 Å². The second kappa shape index (κ2) is 10.1. The molecule has 1 saturated heterocycles. The summed E-state index contributed by atoms with van der Waals surface area (Å²) in [6.45, 7) is 11.3. The van der Waals surface area contributed by atoms with Crippen LogP contribution in [0.15, 0.2) is 11.2 Å². The fourth-order valence-corrected chi connectivity index (χ4v) is 4.13. The van der Waals surface area contributed by atoms with Gasteiger partial charge >= 0.3 is 0 Å². The number of anilines is 1. The SMILES string of the molecule is CCC(=O)N1CCN(c2cc(Cl)nc(SCC(=O)N(CC)CC)n2)C[C@H]1C. The van der Waals surface area contributed by atoms with Gasteiger partial charge in [0.25, 0.3) is 0 Å². The summed E-state index contributed by atoms with van der Waals surface area (Å²) >= 11 is 7.49. The Kier molecular flexibility index (Phi) is 8.16. The van der Waals surface area contributed by atoms with Gasteiger partial charge in [-0.2, -0.15) is 0 Å². The van der Waals surface area contributed by atoms with Crippen molar-refractivity contribution >= 4 is 41.0 Å². The summed E-state index contributed by atoms with van der Waals surface area (Å²) in [7, 11) is 0. The molecular formula is C18H28ClN5O2S. The average molecular weight is 414 g/mol. The van der Waals surface area contributed by atoms with Crippen LogP contribution in [0, 0.1) is 0 Å². The van der Waals surface area contributed by atoms with Crippen LogP contribution in [0.1, 0.15) is 34.1 Å². The Hall–Kier alpha value is -1.54. The van der Waals surface area contributed by atoms with Gasteiger partial charge in [0.1, 0.15) is 11.0 Å². The lowest BCUT2D eigenvalue weighted by molar-refractivity contribution is -0.133. The molecule has 0 aromatic carbocycles. The van der Waals surface area contributed by atoms with Crippen LogP contribution < -0.4 is 4.90 Å². The van der Waals surface area contributed by atoms with Crippen molar-refractivity contribution < 1.29 is 9.59 Å². The quantitative estimate of drug-likeness (QED) is 0.388. The summed E-state index contributed by atoms with van der Waals surface area (Å²) in [6.07, 6.45) is 0.519. The molecule has 1 aromatic heterocycles. The Balaban J connectivity index is 2.05. The van der Waals surface area contributed by atoms with Crippen LogP contribution in [0.2, 0.25) is 5.15 Å². The normalized spacial score (nSPS) is 17.1. The second-order valence-electron chi connectivity index (χ2n) is 6.42. The summed E-state index contributed by atoms with van der Waals surface area (Å²) in [6, 6.07) is 1.85. The average Bonchev–Trinajstić information content (AvgIpc) is 2.66. The summed E-state index contributed by atoms with van der Waals surface area (Å²) in [5.74, 6) is 1.27. The molecule has 0 N–H and O–H groups in total. The number of halogens is 1. The molecule has 0 bridgehead atoms. The van der Waals surface area contributed by atoms with Crippen LogP contribution in [0.4, 0.5) is 5.82 Å². The highest BCUT2D eigenvalue weighted by Gasteiger charge is 2.27. The number of rotatable bonds is 7. The number of thioether (sulfide) groups is 1. The molecule has 27 heavy (non-hydrogen) atoms. The first kappa shape index (κ1) is 21.8. The van der Waals surface area contributed by atoms with E-state index >= 15 is 0 Å². The predicted molar refractivity (Wildman–Crippen MR) is 109 cm³/mol. The lowest BCUT2D eigenvalue weighted by Gasteiger charge is -2.40. The molecule has 7 nitrogen and oxygen atoms in total. The Bertz CT molecular complexity index is 671. The van der Waals surface area contributed by atoms with Crippen molar-refractivity contribution in [1.29, 1.82) is 0 Å². The van der Waals surface area contributed by atoms with E-state index in [1.54, 1.807) is 11.0 Å². The zero-order valence-corrected chi connectivity index (χ0v) is 18.0. The van der Waals surface area contributed by atoms with Crippen molar-refractivity contribution in [3.05, 3.63) is 11.2 Å². The molecule has 1 aliphatic rings. The Labute approximate surface area is 170 Å². The van der Waals surface area contributed by atoms with Gasteiger partial charge in [-0.3, -0.25) is 9.59 Å². The molecule has 0 radical (unpaired) electrons. The molecule has 2 amide bonds. The third kappa shape index (κ3) is 5.72. The molecule has 1 fully saturated rings. The summed E-state index contributed by atoms with van der Waals surface area (Å²) in [4.78, 5) is 38.8. The standard InChI is InChI=1S/C18H28ClN5O2S/c1-5-16(25)24-9-8-23(11-13(24)4)15-10-14(19)20-18(21-15)27-12-17(26)22(6-2)7-3/h10,13H,5-9,11-12H2,1-4H3/t13-/m1/s1. The molecule has 1 atom stereocenters. The van der Waals surface area contributed by atoms with Gasteiger partial charge in [-0.15, -0.1) is 0 Å². The molecule has 0 unspecified atom stereocenters. The largest absolute Gasteiger partial charge is 0.353 e. The Morgan fingerprint density at radius 1 is 1.26 bits per heavy atom. The topological polar surface area (TPSA) is 69.6 Å². The number of amides is 2. The maximum absolute atomic E-state index is 12.2. The van der Waals surface area contributed by atoms with Crippen molar-refractivity contribution in [2.24, 2.45) is 0 Å². The molecule has 0 spiro atoms. The molecule has 2 heterocycles. The van der Waals surface area contributed by atoms with Crippen LogP contribution in [0.3, 0.4) is 0 Å². The smallest absolute Gasteiger partial charge is 0.233 e. The highest BCUT2D eigenvalue weighted by atomic mass is 35.5. The molecule has 1 aliphatic heterocycles. The highest BCUT2D eigenvalue weighted by Crippen LogP contribution is 2.24. The van der Waals surface area contributed by atoms with E-state index in [2.05, 4.69) is 14.9 Å². The summed E-state index contributed by atoms with van der Waals surface area (Å²) < 4.78 is 0. The summed E-state index contributed by atoms with van der Waals surface area (Å²) in [5.41, 5.74) is 0. The van der Waals surface area contributed by atoms with E-state index in [4.69, 9.17) is 11.6 Å². The van der Waals surface area contributed by atoms with E-state index in [1.165, 1.54) is 11.8 Å². The molecule has 0 saturated carbocycles. The first-order valence-electron chi connectivity index (χ1n) is 9.39. The van der Waals surface area contributed by atoms with E-state index in [0.717, 1.165) is 5.82 Å². The molecule has 0 aliphatic carbocycles. The number of aromatic nitrogens is 2. The van der Waals surface area contributed by atoms with E-state index < -0.39 is 0 Å². The fourth-order valence-electron chi connectivity index (χ4n) is 3.15. The first-order chi connectivity index (χ1) is 12.9. The minimum absolute atomic E-state index is 0.0652. The van der Waals surface area contributed by atoms with Gasteiger partial charge in [0.15, 0.2) is 5.16 Å². The zero-order valence-electron chi connectivity index (χ0n) is 16.4. The third-order valence-corrected chi connectivity index (χ3v) is 5.70. The van der Waals surface area contributed by atoms with E-state index in [1.807, 2.05) is 32.6 Å². The highest BCUT2D eigenvalue weighted by molar-refractivity contribution is 7.99. The fraction of sp³-hybridized carbons (Fsp3) is 0.667. The van der Waals surface area contributed by atoms with Gasteiger partial charge in [0.2, 0.25) is 11.8 Å². The van der Waals surface area contributed by atoms with Crippen molar-refractivity contribution in [3.8, 4) is 0 Å². The monoisotopic (exact) mass is 413 g/mol. The molecule has 1 aromatic rings. The van der Waals surface area contributed by atoms with Gasteiger partial charge in [-0.05, 0) is 20.8 Å². The second-order valence-corrected chi connectivity index (χ2v) is 7.75. The van der Waals surface area contributed by atoms with Crippen molar-refractivity contribution in [3.63, 3.8) is 0 Å². The minimum Gasteiger partial charge on any atom is -0.353 e. The van der Waals surface area contributed by atoms with Crippen molar-refractivity contribution in [2.75, 3.05) is 43.4 Å². The van der Waals surface area contributed by atoms with Crippen LogP contribution in [-0.2, 0) is 9.59 Å². The summed E-state index contributed by atoms with van der Waals surface area (Å²) in [5, 5.41) is 0.857. The van der Waals surface area contributed by atoms with Gasteiger partial charge in [0, 0.05) is 51.3 Å². The van der Waals surface area contributed by atoms with Crippen molar-refractivity contribution in [2.45, 2.75) is 45.3 Å². The Morgan fingerprint density at radius 2 is 1.96 bits per heavy atom.